The highest BCUT2D eigenvalue weighted by atomic mass is 32.2. The topological polar surface area (TPSA) is 143 Å². The quantitative estimate of drug-likeness (QED) is 0.534. The first kappa shape index (κ1) is 15.3. The lowest BCUT2D eigenvalue weighted by atomic mass is 10.2. The van der Waals surface area contributed by atoms with Crippen LogP contribution >= 0.6 is 0 Å². The predicted octanol–water partition coefficient (Wildman–Crippen LogP) is -0.963. The number of hydrogen-bond acceptors (Lipinski definition) is 7. The van der Waals surface area contributed by atoms with Gasteiger partial charge < -0.3 is 10.4 Å². The molecule has 1 atom stereocenters. The average molecular weight is 316 g/mol. The Kier molecular flexibility index (Phi) is 4.16. The Bertz CT molecular complexity index is 659. The number of carboxylic acids is 1. The van der Waals surface area contributed by atoms with Crippen molar-refractivity contribution in [2.45, 2.75) is 11.1 Å². The maximum Gasteiger partial charge on any atom is 0.323 e. The van der Waals surface area contributed by atoms with Crippen LogP contribution in [0.1, 0.15) is 0 Å². The van der Waals surface area contributed by atoms with Gasteiger partial charge in [0.05, 0.1) is 4.92 Å². The minimum atomic E-state index is -4.12. The van der Waals surface area contributed by atoms with E-state index in [-0.39, 0.29) is 18.8 Å². The van der Waals surface area contributed by atoms with Gasteiger partial charge in [0.2, 0.25) is 0 Å². The van der Waals surface area contributed by atoms with E-state index in [0.29, 0.717) is 6.54 Å². The van der Waals surface area contributed by atoms with Gasteiger partial charge in [-0.05, 0) is 6.07 Å². The monoisotopic (exact) mass is 316 g/mol. The van der Waals surface area contributed by atoms with Gasteiger partial charge in [-0.2, -0.15) is 4.31 Å². The van der Waals surface area contributed by atoms with E-state index in [1.807, 2.05) is 0 Å². The summed E-state index contributed by atoms with van der Waals surface area (Å²) >= 11 is 0. The van der Waals surface area contributed by atoms with Crippen molar-refractivity contribution < 1.29 is 23.2 Å². The molecule has 0 aromatic carbocycles. The molecule has 10 nitrogen and oxygen atoms in total. The lowest BCUT2D eigenvalue weighted by molar-refractivity contribution is -0.385. The van der Waals surface area contributed by atoms with Gasteiger partial charge >= 0.3 is 5.97 Å². The van der Waals surface area contributed by atoms with Crippen LogP contribution in [0.2, 0.25) is 0 Å². The smallest absolute Gasteiger partial charge is 0.323 e. The molecule has 1 aromatic rings. The summed E-state index contributed by atoms with van der Waals surface area (Å²) < 4.78 is 25.6. The normalized spacial score (nSPS) is 20.1. The second kappa shape index (κ2) is 5.71. The van der Waals surface area contributed by atoms with E-state index in [2.05, 4.69) is 10.3 Å². The van der Waals surface area contributed by atoms with Crippen LogP contribution in [0.5, 0.6) is 0 Å². The fourth-order valence-electron chi connectivity index (χ4n) is 1.94. The van der Waals surface area contributed by atoms with Gasteiger partial charge in [0, 0.05) is 25.7 Å². The second-order valence-electron chi connectivity index (χ2n) is 4.29. The van der Waals surface area contributed by atoms with Crippen molar-refractivity contribution in [3.05, 3.63) is 28.4 Å². The molecule has 2 N–H and O–H groups in total. The van der Waals surface area contributed by atoms with Crippen LogP contribution in [0.3, 0.4) is 0 Å². The summed E-state index contributed by atoms with van der Waals surface area (Å²) in [4.78, 5) is 24.5. The summed E-state index contributed by atoms with van der Waals surface area (Å²) in [5, 5.41) is 22.0. The Hall–Kier alpha value is -2.11. The zero-order valence-corrected chi connectivity index (χ0v) is 11.5. The fourth-order valence-corrected chi connectivity index (χ4v) is 3.43. The molecule has 21 heavy (non-hydrogen) atoms. The average Bonchev–Trinajstić information content (AvgIpc) is 2.47. The van der Waals surface area contributed by atoms with Crippen LogP contribution < -0.4 is 5.32 Å². The molecule has 114 valence electrons. The molecule has 0 unspecified atom stereocenters. The van der Waals surface area contributed by atoms with Crippen LogP contribution in [0, 0.1) is 10.1 Å². The van der Waals surface area contributed by atoms with Crippen LogP contribution in [-0.4, -0.2) is 59.4 Å². The van der Waals surface area contributed by atoms with Crippen LogP contribution in [0.15, 0.2) is 23.4 Å². The molecule has 0 bridgehead atoms. The van der Waals surface area contributed by atoms with Crippen LogP contribution in [0.4, 0.5) is 5.69 Å². The van der Waals surface area contributed by atoms with Gasteiger partial charge in [-0.1, -0.05) is 0 Å². The first-order valence-electron chi connectivity index (χ1n) is 5.90. The number of nitro groups is 1. The lowest BCUT2D eigenvalue weighted by Gasteiger charge is -2.31. The maximum atomic E-state index is 12.4. The summed E-state index contributed by atoms with van der Waals surface area (Å²) in [5.74, 6) is -1.27. The molecule has 0 spiro atoms. The van der Waals surface area contributed by atoms with E-state index in [1.165, 1.54) is 0 Å². The molecule has 0 saturated carbocycles. The van der Waals surface area contributed by atoms with Crippen LogP contribution in [0.25, 0.3) is 0 Å². The number of sulfonamides is 1. The Morgan fingerprint density at radius 3 is 2.76 bits per heavy atom. The fraction of sp³-hybridized carbons (Fsp3) is 0.400. The Morgan fingerprint density at radius 2 is 2.24 bits per heavy atom. The van der Waals surface area contributed by atoms with Gasteiger partial charge in [-0.3, -0.25) is 14.9 Å². The van der Waals surface area contributed by atoms with Crippen molar-refractivity contribution in [3.63, 3.8) is 0 Å². The van der Waals surface area contributed by atoms with E-state index in [9.17, 15) is 23.3 Å². The van der Waals surface area contributed by atoms with E-state index in [1.54, 1.807) is 0 Å². The van der Waals surface area contributed by atoms with Crippen molar-refractivity contribution in [1.82, 2.24) is 14.6 Å². The highest BCUT2D eigenvalue weighted by molar-refractivity contribution is 7.89. The number of aliphatic carboxylic acids is 1. The third-order valence-electron chi connectivity index (χ3n) is 2.98. The first-order chi connectivity index (χ1) is 9.84. The number of carbonyl (C=O) groups is 1. The van der Waals surface area contributed by atoms with E-state index >= 15 is 0 Å². The highest BCUT2D eigenvalue weighted by Crippen LogP contribution is 2.19. The molecular formula is C10H12N4O6S. The van der Waals surface area contributed by atoms with E-state index in [4.69, 9.17) is 5.11 Å². The van der Waals surface area contributed by atoms with Gasteiger partial charge in [0.25, 0.3) is 15.7 Å². The molecule has 2 rings (SSSR count). The second-order valence-corrected chi connectivity index (χ2v) is 6.12. The molecule has 0 aliphatic carbocycles. The standard InChI is InChI=1S/C10H12N4O6S/c15-10(16)8-6-11-3-4-13(8)21(19,20)9-2-1-7(5-12-9)14(17)18/h1-2,5,8,11H,3-4,6H2,(H,15,16)/t8-/m1/s1. The lowest BCUT2D eigenvalue weighted by Crippen LogP contribution is -2.56. The minimum absolute atomic E-state index is 0.0124. The van der Waals surface area contributed by atoms with Crippen molar-refractivity contribution in [2.75, 3.05) is 19.6 Å². The summed E-state index contributed by atoms with van der Waals surface area (Å²) in [6.07, 6.45) is 0.824. The van der Waals surface area contributed by atoms with Crippen molar-refractivity contribution in [1.29, 1.82) is 0 Å². The van der Waals surface area contributed by atoms with Gasteiger partial charge in [-0.15, -0.1) is 0 Å². The predicted molar refractivity (Wildman–Crippen MR) is 69.1 cm³/mol. The Labute approximate surface area is 119 Å². The molecule has 1 fully saturated rings. The molecule has 0 radical (unpaired) electrons. The molecule has 11 heteroatoms. The Morgan fingerprint density at radius 1 is 1.52 bits per heavy atom. The molecule has 1 aliphatic heterocycles. The molecule has 1 aliphatic rings. The molecule has 2 heterocycles. The zero-order chi connectivity index (χ0) is 15.6. The number of nitrogens with one attached hydrogen (secondary N) is 1. The first-order valence-corrected chi connectivity index (χ1v) is 7.34. The summed E-state index contributed by atoms with van der Waals surface area (Å²) in [5.41, 5.74) is -0.343. The molecule has 1 saturated heterocycles. The summed E-state index contributed by atoms with van der Waals surface area (Å²) in [7, 11) is -4.12. The number of aromatic nitrogens is 1. The van der Waals surface area contributed by atoms with Crippen molar-refractivity contribution in [2.24, 2.45) is 0 Å². The maximum absolute atomic E-state index is 12.4. The van der Waals surface area contributed by atoms with Gasteiger partial charge in [0.15, 0.2) is 5.03 Å². The largest absolute Gasteiger partial charge is 0.480 e. The SMILES string of the molecule is O=C(O)[C@H]1CNCCN1S(=O)(=O)c1ccc([N+](=O)[O-])cn1. The number of piperazine rings is 1. The minimum Gasteiger partial charge on any atom is -0.480 e. The van der Waals surface area contributed by atoms with E-state index in [0.717, 1.165) is 22.6 Å². The molecule has 1 aromatic heterocycles. The van der Waals surface area contributed by atoms with Crippen molar-refractivity contribution in [3.8, 4) is 0 Å². The number of rotatable bonds is 4. The van der Waals surface area contributed by atoms with Crippen molar-refractivity contribution >= 4 is 21.7 Å². The Balaban J connectivity index is 2.35. The summed E-state index contributed by atoms with van der Waals surface area (Å²) in [6, 6.07) is 0.771. The molecule has 0 amide bonds. The van der Waals surface area contributed by atoms with Gasteiger partial charge in [0.1, 0.15) is 12.2 Å². The summed E-state index contributed by atoms with van der Waals surface area (Å²) in [6.45, 7) is 0.287. The number of carboxylic acid groups (broad SMARTS) is 1. The van der Waals surface area contributed by atoms with E-state index < -0.39 is 32.0 Å². The highest BCUT2D eigenvalue weighted by Gasteiger charge is 2.38. The zero-order valence-electron chi connectivity index (χ0n) is 10.7. The number of hydrogen-bond donors (Lipinski definition) is 2. The number of nitrogens with zero attached hydrogens (tertiary/aromatic N) is 3. The van der Waals surface area contributed by atoms with Gasteiger partial charge in [-0.25, -0.2) is 13.4 Å². The van der Waals surface area contributed by atoms with Crippen LogP contribution in [-0.2, 0) is 14.8 Å². The third-order valence-corrected chi connectivity index (χ3v) is 4.81. The third kappa shape index (κ3) is 2.99. The molecular weight excluding hydrogens is 304 g/mol. The number of pyridine rings is 1.